The number of nitrogens with zero attached hydrogens (tertiary/aromatic N) is 1. The Bertz CT molecular complexity index is 457. The second-order valence-electron chi connectivity index (χ2n) is 6.95. The van der Waals surface area contributed by atoms with Gasteiger partial charge in [-0.05, 0) is 48.9 Å². The topological polar surface area (TPSA) is 15.3 Å². The van der Waals surface area contributed by atoms with Gasteiger partial charge in [-0.1, -0.05) is 49.7 Å². The molecule has 1 atom stereocenters. The molecule has 0 bridgehead atoms. The Labute approximate surface area is 138 Å². The van der Waals surface area contributed by atoms with E-state index in [4.69, 9.17) is 0 Å². The molecule has 0 aliphatic carbocycles. The maximum Gasteiger partial charge on any atom is 0.0380 e. The number of anilines is 1. The molecule has 1 aromatic carbocycles. The molecule has 21 heavy (non-hydrogen) atoms. The number of nitrogens with one attached hydrogen (secondary N) is 1. The Morgan fingerprint density at radius 3 is 2.67 bits per heavy atom. The van der Waals surface area contributed by atoms with E-state index in [0.717, 1.165) is 19.0 Å². The van der Waals surface area contributed by atoms with Crippen molar-refractivity contribution in [2.45, 2.75) is 53.1 Å². The highest BCUT2D eigenvalue weighted by atomic mass is 79.9. The lowest BCUT2D eigenvalue weighted by Crippen LogP contribution is -2.33. The van der Waals surface area contributed by atoms with Crippen LogP contribution in [-0.4, -0.2) is 19.1 Å². The van der Waals surface area contributed by atoms with Crippen LogP contribution in [0.1, 0.15) is 46.1 Å². The average Bonchev–Trinajstić information content (AvgIpc) is 2.89. The molecule has 1 aliphatic rings. The fraction of sp³-hybridized carbons (Fsp3) is 0.667. The predicted octanol–water partition coefficient (Wildman–Crippen LogP) is 4.82. The highest BCUT2D eigenvalue weighted by Crippen LogP contribution is 2.32. The fourth-order valence-electron chi connectivity index (χ4n) is 3.16. The van der Waals surface area contributed by atoms with Crippen LogP contribution in [0, 0.1) is 11.8 Å². The fourth-order valence-corrected chi connectivity index (χ4v) is 3.67. The monoisotopic (exact) mass is 352 g/mol. The summed E-state index contributed by atoms with van der Waals surface area (Å²) < 4.78 is 1.23. The lowest BCUT2D eigenvalue weighted by molar-refractivity contribution is 0.492. The molecule has 1 aliphatic heterocycles. The lowest BCUT2D eigenvalue weighted by Gasteiger charge is -2.30. The lowest BCUT2D eigenvalue weighted by atomic mass is 10.0. The van der Waals surface area contributed by atoms with Gasteiger partial charge in [0.15, 0.2) is 0 Å². The van der Waals surface area contributed by atoms with Crippen LogP contribution in [0.2, 0.25) is 0 Å². The number of halogens is 1. The van der Waals surface area contributed by atoms with E-state index in [-0.39, 0.29) is 0 Å². The van der Waals surface area contributed by atoms with Crippen molar-refractivity contribution in [1.29, 1.82) is 0 Å². The minimum absolute atomic E-state index is 0.694. The van der Waals surface area contributed by atoms with Crippen molar-refractivity contribution in [3.8, 4) is 0 Å². The highest BCUT2D eigenvalue weighted by molar-refractivity contribution is 9.10. The summed E-state index contributed by atoms with van der Waals surface area (Å²) in [6, 6.07) is 7.55. The van der Waals surface area contributed by atoms with Gasteiger partial charge in [0, 0.05) is 29.3 Å². The van der Waals surface area contributed by atoms with E-state index < -0.39 is 0 Å². The smallest absolute Gasteiger partial charge is 0.0380 e. The summed E-state index contributed by atoms with van der Waals surface area (Å²) in [5.74, 6) is 1.41. The van der Waals surface area contributed by atoms with E-state index in [0.29, 0.717) is 12.0 Å². The zero-order valence-electron chi connectivity index (χ0n) is 13.8. The van der Waals surface area contributed by atoms with E-state index >= 15 is 0 Å². The number of rotatable bonds is 6. The van der Waals surface area contributed by atoms with Gasteiger partial charge in [0.25, 0.3) is 0 Å². The van der Waals surface area contributed by atoms with Crippen LogP contribution in [0.3, 0.4) is 0 Å². The summed E-state index contributed by atoms with van der Waals surface area (Å²) in [6.45, 7) is 12.3. The van der Waals surface area contributed by atoms with Crippen molar-refractivity contribution in [2.24, 2.45) is 11.8 Å². The molecule has 0 spiro atoms. The van der Waals surface area contributed by atoms with Crippen LogP contribution in [0.5, 0.6) is 0 Å². The first-order chi connectivity index (χ1) is 9.99. The van der Waals surface area contributed by atoms with Crippen LogP contribution in [0.25, 0.3) is 0 Å². The van der Waals surface area contributed by atoms with Crippen molar-refractivity contribution >= 4 is 21.6 Å². The van der Waals surface area contributed by atoms with Gasteiger partial charge in [0.1, 0.15) is 0 Å². The largest absolute Gasteiger partial charge is 0.368 e. The van der Waals surface area contributed by atoms with Crippen LogP contribution < -0.4 is 10.2 Å². The molecule has 0 aromatic heterocycles. The minimum Gasteiger partial charge on any atom is -0.368 e. The highest BCUT2D eigenvalue weighted by Gasteiger charge is 2.27. The molecule has 2 rings (SSSR count). The van der Waals surface area contributed by atoms with Gasteiger partial charge in [-0.3, -0.25) is 0 Å². The van der Waals surface area contributed by atoms with Gasteiger partial charge in [-0.15, -0.1) is 0 Å². The van der Waals surface area contributed by atoms with Gasteiger partial charge in [-0.2, -0.15) is 0 Å². The van der Waals surface area contributed by atoms with Crippen LogP contribution in [0.15, 0.2) is 22.7 Å². The Morgan fingerprint density at radius 2 is 2.05 bits per heavy atom. The quantitative estimate of drug-likeness (QED) is 0.789. The second-order valence-corrected chi connectivity index (χ2v) is 7.80. The van der Waals surface area contributed by atoms with E-state index in [1.165, 1.54) is 35.1 Å². The maximum atomic E-state index is 3.75. The van der Waals surface area contributed by atoms with Gasteiger partial charge < -0.3 is 10.2 Å². The first-order valence-corrected chi connectivity index (χ1v) is 9.04. The molecular weight excluding hydrogens is 324 g/mol. The van der Waals surface area contributed by atoms with E-state index in [9.17, 15) is 0 Å². The number of benzene rings is 1. The zero-order valence-corrected chi connectivity index (χ0v) is 15.4. The number of hydrogen-bond acceptors (Lipinski definition) is 2. The molecule has 3 heteroatoms. The Morgan fingerprint density at radius 1 is 1.29 bits per heavy atom. The van der Waals surface area contributed by atoms with Gasteiger partial charge >= 0.3 is 0 Å². The van der Waals surface area contributed by atoms with Crippen molar-refractivity contribution in [2.75, 3.05) is 18.0 Å². The summed E-state index contributed by atoms with van der Waals surface area (Å²) in [6.07, 6.45) is 2.64. The Kier molecular flexibility index (Phi) is 6.12. The first kappa shape index (κ1) is 16.8. The van der Waals surface area contributed by atoms with Gasteiger partial charge in [0.2, 0.25) is 0 Å². The Hall–Kier alpha value is -0.540. The minimum atomic E-state index is 0.694. The SMILES string of the molecule is CC(C)CNCc1ccc(N2CCCC2C(C)C)cc1Br. The zero-order chi connectivity index (χ0) is 15.4. The molecule has 118 valence electrons. The molecule has 1 unspecified atom stereocenters. The predicted molar refractivity (Wildman–Crippen MR) is 95.9 cm³/mol. The molecule has 1 N–H and O–H groups in total. The first-order valence-electron chi connectivity index (χ1n) is 8.24. The molecule has 1 aromatic rings. The summed E-state index contributed by atoms with van der Waals surface area (Å²) >= 11 is 3.75. The third-order valence-electron chi connectivity index (χ3n) is 4.31. The standard InChI is InChI=1S/C18H29BrN2/c1-13(2)11-20-12-15-7-8-16(10-17(15)19)21-9-5-6-18(21)14(3)4/h7-8,10,13-14,18,20H,5-6,9,11-12H2,1-4H3. The van der Waals surface area contributed by atoms with Crippen molar-refractivity contribution < 1.29 is 0 Å². The molecule has 0 radical (unpaired) electrons. The van der Waals surface area contributed by atoms with E-state index in [1.807, 2.05) is 0 Å². The second kappa shape index (κ2) is 7.64. The van der Waals surface area contributed by atoms with Crippen LogP contribution in [0.4, 0.5) is 5.69 Å². The molecular formula is C18H29BrN2. The third kappa shape index (κ3) is 4.46. The van der Waals surface area contributed by atoms with Crippen molar-refractivity contribution in [3.05, 3.63) is 28.2 Å². The van der Waals surface area contributed by atoms with Crippen molar-refractivity contribution in [1.82, 2.24) is 5.32 Å². The molecule has 0 saturated carbocycles. The maximum absolute atomic E-state index is 3.75. The molecule has 2 nitrogen and oxygen atoms in total. The average molecular weight is 353 g/mol. The summed E-state index contributed by atoms with van der Waals surface area (Å²) in [5, 5.41) is 3.51. The number of hydrogen-bond donors (Lipinski definition) is 1. The van der Waals surface area contributed by atoms with Gasteiger partial charge in [0.05, 0.1) is 0 Å². The summed E-state index contributed by atoms with van der Waals surface area (Å²) in [7, 11) is 0. The van der Waals surface area contributed by atoms with Gasteiger partial charge in [-0.25, -0.2) is 0 Å². The summed E-state index contributed by atoms with van der Waals surface area (Å²) in [4.78, 5) is 2.58. The Balaban J connectivity index is 2.04. The normalized spacial score (nSPS) is 19.0. The van der Waals surface area contributed by atoms with Crippen LogP contribution >= 0.6 is 15.9 Å². The van der Waals surface area contributed by atoms with E-state index in [2.05, 4.69) is 72.0 Å². The third-order valence-corrected chi connectivity index (χ3v) is 5.04. The molecule has 1 saturated heterocycles. The van der Waals surface area contributed by atoms with Crippen LogP contribution in [-0.2, 0) is 6.54 Å². The van der Waals surface area contributed by atoms with Crippen molar-refractivity contribution in [3.63, 3.8) is 0 Å². The molecule has 1 heterocycles. The molecule has 1 fully saturated rings. The summed E-state index contributed by atoms with van der Waals surface area (Å²) in [5.41, 5.74) is 2.71. The molecule has 0 amide bonds. The van der Waals surface area contributed by atoms with E-state index in [1.54, 1.807) is 0 Å².